The second-order valence-corrected chi connectivity index (χ2v) is 7.52. The summed E-state index contributed by atoms with van der Waals surface area (Å²) in [5.41, 5.74) is 0. The van der Waals surface area contributed by atoms with Crippen LogP contribution in [0.2, 0.25) is 0 Å². The van der Waals surface area contributed by atoms with Crippen molar-refractivity contribution in [2.75, 3.05) is 39.3 Å². The number of hydrogen-bond donors (Lipinski definition) is 2. The first-order valence-electron chi connectivity index (χ1n) is 10.6. The Kier molecular flexibility index (Phi) is 10.3. The van der Waals surface area contributed by atoms with Crippen LogP contribution in [0.25, 0.3) is 0 Å². The van der Waals surface area contributed by atoms with Gasteiger partial charge in [-0.25, -0.2) is 0 Å². The van der Waals surface area contributed by atoms with Crippen LogP contribution in [-0.4, -0.2) is 62.3 Å². The average Bonchev–Trinajstić information content (AvgIpc) is 3.16. The predicted octanol–water partition coefficient (Wildman–Crippen LogP) is 3.05. The normalized spacial score (nSPS) is 16.8. The minimum atomic E-state index is 0.318. The van der Waals surface area contributed by atoms with E-state index in [2.05, 4.69) is 36.3 Å². The highest BCUT2D eigenvalue weighted by molar-refractivity contribution is 5.80. The number of aliphatic imine (C=N–C) groups is 1. The zero-order chi connectivity index (χ0) is 19.3. The number of ether oxygens (including phenoxy) is 1. The van der Waals surface area contributed by atoms with E-state index in [-0.39, 0.29) is 0 Å². The van der Waals surface area contributed by atoms with Crippen LogP contribution in [0.5, 0.6) is 0 Å². The molecule has 0 spiro atoms. The van der Waals surface area contributed by atoms with Gasteiger partial charge in [-0.3, -0.25) is 4.99 Å². The van der Waals surface area contributed by atoms with Gasteiger partial charge in [0, 0.05) is 45.2 Å². The molecular formula is C21H38N4O2. The standard InChI is InChI=1S/C21H38N4O2/c1-4-5-11-22-21(23-12-8-20-7-6-16-27-20)24-19-9-13-25(14-10-19)15-17-26-18(2)3/h6-7,16,18-19H,4-5,8-15,17H2,1-3H3,(H2,22,23,24). The third kappa shape index (κ3) is 9.29. The summed E-state index contributed by atoms with van der Waals surface area (Å²) in [6.07, 6.45) is 7.50. The average molecular weight is 379 g/mol. The molecule has 6 nitrogen and oxygen atoms in total. The van der Waals surface area contributed by atoms with Crippen LogP contribution < -0.4 is 10.6 Å². The van der Waals surface area contributed by atoms with Gasteiger partial charge in [0.05, 0.1) is 19.0 Å². The van der Waals surface area contributed by atoms with E-state index in [9.17, 15) is 0 Å². The second-order valence-electron chi connectivity index (χ2n) is 7.52. The van der Waals surface area contributed by atoms with E-state index in [4.69, 9.17) is 14.1 Å². The Hall–Kier alpha value is -1.53. The van der Waals surface area contributed by atoms with Crippen molar-refractivity contribution in [2.24, 2.45) is 4.99 Å². The molecule has 1 aliphatic heterocycles. The molecule has 1 aromatic heterocycles. The Bertz CT molecular complexity index is 508. The monoisotopic (exact) mass is 378 g/mol. The molecular weight excluding hydrogens is 340 g/mol. The number of furan rings is 1. The molecule has 1 aromatic rings. The van der Waals surface area contributed by atoms with Crippen molar-refractivity contribution in [2.45, 2.75) is 65.0 Å². The van der Waals surface area contributed by atoms with Gasteiger partial charge in [-0.05, 0) is 45.2 Å². The highest BCUT2D eigenvalue weighted by atomic mass is 16.5. The highest BCUT2D eigenvalue weighted by Gasteiger charge is 2.19. The van der Waals surface area contributed by atoms with E-state index >= 15 is 0 Å². The van der Waals surface area contributed by atoms with Gasteiger partial charge in [-0.15, -0.1) is 0 Å². The summed E-state index contributed by atoms with van der Waals surface area (Å²) in [6.45, 7) is 12.2. The number of piperidine rings is 1. The molecule has 1 saturated heterocycles. The fraction of sp³-hybridized carbons (Fsp3) is 0.762. The lowest BCUT2D eigenvalue weighted by Crippen LogP contribution is -2.49. The van der Waals surface area contributed by atoms with Crippen molar-refractivity contribution >= 4 is 5.96 Å². The number of unbranched alkanes of at least 4 members (excludes halogenated alkanes) is 1. The molecule has 0 amide bonds. The van der Waals surface area contributed by atoms with Crippen LogP contribution in [0, 0.1) is 0 Å². The van der Waals surface area contributed by atoms with Gasteiger partial charge >= 0.3 is 0 Å². The lowest BCUT2D eigenvalue weighted by molar-refractivity contribution is 0.0532. The molecule has 2 N–H and O–H groups in total. The lowest BCUT2D eigenvalue weighted by atomic mass is 10.1. The maximum absolute atomic E-state index is 5.67. The van der Waals surface area contributed by atoms with Gasteiger partial charge in [0.1, 0.15) is 5.76 Å². The third-order valence-corrected chi connectivity index (χ3v) is 4.81. The fourth-order valence-corrected chi connectivity index (χ4v) is 3.17. The van der Waals surface area contributed by atoms with Crippen molar-refractivity contribution in [3.63, 3.8) is 0 Å². The summed E-state index contributed by atoms with van der Waals surface area (Å²) in [5, 5.41) is 7.11. The molecule has 0 saturated carbocycles. The van der Waals surface area contributed by atoms with Gasteiger partial charge in [0.15, 0.2) is 5.96 Å². The van der Waals surface area contributed by atoms with E-state index in [1.165, 1.54) is 6.42 Å². The van der Waals surface area contributed by atoms with E-state index in [0.717, 1.165) is 76.7 Å². The number of nitrogens with zero attached hydrogens (tertiary/aromatic N) is 2. The predicted molar refractivity (Wildman–Crippen MR) is 111 cm³/mol. The van der Waals surface area contributed by atoms with Crippen LogP contribution in [0.3, 0.4) is 0 Å². The molecule has 6 heteroatoms. The van der Waals surface area contributed by atoms with Gasteiger partial charge < -0.3 is 24.7 Å². The molecule has 2 rings (SSSR count). The molecule has 2 heterocycles. The van der Waals surface area contributed by atoms with Crippen molar-refractivity contribution in [3.05, 3.63) is 24.2 Å². The van der Waals surface area contributed by atoms with E-state index in [1.54, 1.807) is 6.26 Å². The van der Waals surface area contributed by atoms with Crippen LogP contribution >= 0.6 is 0 Å². The summed E-state index contributed by atoms with van der Waals surface area (Å²) in [7, 11) is 0. The number of hydrogen-bond acceptors (Lipinski definition) is 4. The Balaban J connectivity index is 1.71. The number of rotatable bonds is 11. The first-order valence-corrected chi connectivity index (χ1v) is 10.6. The van der Waals surface area contributed by atoms with E-state index in [0.29, 0.717) is 12.1 Å². The summed E-state index contributed by atoms with van der Waals surface area (Å²) in [5.74, 6) is 1.95. The maximum Gasteiger partial charge on any atom is 0.191 e. The van der Waals surface area contributed by atoms with E-state index < -0.39 is 0 Å². The molecule has 0 radical (unpaired) electrons. The molecule has 0 aromatic carbocycles. The fourth-order valence-electron chi connectivity index (χ4n) is 3.17. The topological polar surface area (TPSA) is 62.0 Å². The summed E-state index contributed by atoms with van der Waals surface area (Å²) >= 11 is 0. The summed E-state index contributed by atoms with van der Waals surface area (Å²) < 4.78 is 11.1. The molecule has 0 aliphatic carbocycles. The Morgan fingerprint density at radius 2 is 2.19 bits per heavy atom. The van der Waals surface area contributed by atoms with Crippen molar-refractivity contribution < 1.29 is 9.15 Å². The van der Waals surface area contributed by atoms with Crippen LogP contribution in [-0.2, 0) is 11.2 Å². The smallest absolute Gasteiger partial charge is 0.191 e. The van der Waals surface area contributed by atoms with Gasteiger partial charge in [-0.1, -0.05) is 13.3 Å². The second kappa shape index (κ2) is 12.8. The van der Waals surface area contributed by atoms with Gasteiger partial charge in [0.25, 0.3) is 0 Å². The molecule has 27 heavy (non-hydrogen) atoms. The minimum absolute atomic E-state index is 0.318. The van der Waals surface area contributed by atoms with Crippen LogP contribution in [0.15, 0.2) is 27.8 Å². The van der Waals surface area contributed by atoms with Crippen molar-refractivity contribution in [1.82, 2.24) is 15.5 Å². The molecule has 0 atom stereocenters. The molecule has 0 unspecified atom stereocenters. The van der Waals surface area contributed by atoms with Gasteiger partial charge in [0.2, 0.25) is 0 Å². The number of nitrogens with one attached hydrogen (secondary N) is 2. The molecule has 154 valence electrons. The maximum atomic E-state index is 5.67. The summed E-state index contributed by atoms with van der Waals surface area (Å²) in [4.78, 5) is 7.24. The van der Waals surface area contributed by atoms with Crippen LogP contribution in [0.1, 0.15) is 52.2 Å². The molecule has 1 aliphatic rings. The molecule has 0 bridgehead atoms. The first kappa shape index (κ1) is 21.8. The van der Waals surface area contributed by atoms with Crippen molar-refractivity contribution in [1.29, 1.82) is 0 Å². The number of likely N-dealkylation sites (tertiary alicyclic amines) is 1. The molecule has 1 fully saturated rings. The lowest BCUT2D eigenvalue weighted by Gasteiger charge is -2.33. The quantitative estimate of drug-likeness (QED) is 0.352. The SMILES string of the molecule is CCCCN=C(NCCc1ccco1)NC1CCN(CCOC(C)C)CC1. The number of guanidine groups is 1. The highest BCUT2D eigenvalue weighted by Crippen LogP contribution is 2.10. The Morgan fingerprint density at radius 1 is 1.37 bits per heavy atom. The minimum Gasteiger partial charge on any atom is -0.469 e. The van der Waals surface area contributed by atoms with Crippen LogP contribution in [0.4, 0.5) is 0 Å². The Labute approximate surface area is 164 Å². The zero-order valence-electron chi connectivity index (χ0n) is 17.4. The largest absolute Gasteiger partial charge is 0.469 e. The van der Waals surface area contributed by atoms with Gasteiger partial charge in [-0.2, -0.15) is 0 Å². The third-order valence-electron chi connectivity index (χ3n) is 4.81. The zero-order valence-corrected chi connectivity index (χ0v) is 17.4. The summed E-state index contributed by atoms with van der Waals surface area (Å²) in [6, 6.07) is 4.44. The van der Waals surface area contributed by atoms with Crippen molar-refractivity contribution in [3.8, 4) is 0 Å². The van der Waals surface area contributed by atoms with E-state index in [1.807, 2.05) is 12.1 Å². The Morgan fingerprint density at radius 3 is 2.85 bits per heavy atom. The first-order chi connectivity index (χ1) is 13.2.